The lowest BCUT2D eigenvalue weighted by Gasteiger charge is -2.09. The number of hydrogen-bond acceptors (Lipinski definition) is 5. The first-order chi connectivity index (χ1) is 9.47. The number of nitrogens with zero attached hydrogens (tertiary/aromatic N) is 2. The van der Waals surface area contributed by atoms with E-state index in [4.69, 9.17) is 10.5 Å². The Morgan fingerprint density at radius 2 is 2.10 bits per heavy atom. The van der Waals surface area contributed by atoms with Crippen molar-refractivity contribution in [1.29, 1.82) is 0 Å². The summed E-state index contributed by atoms with van der Waals surface area (Å²) in [5.74, 6) is 0.790. The molecule has 0 fully saturated rings. The SMILES string of the molecule is Cc1ccc([N+](=O)[O-])cc1Oc1ccc([C@H](C)N)cn1. The largest absolute Gasteiger partial charge is 0.439 e. The molecule has 0 bridgehead atoms. The molecular formula is C14H15N3O3. The summed E-state index contributed by atoms with van der Waals surface area (Å²) in [6, 6.07) is 7.88. The molecule has 1 aromatic heterocycles. The zero-order valence-corrected chi connectivity index (χ0v) is 11.2. The van der Waals surface area contributed by atoms with E-state index >= 15 is 0 Å². The molecule has 0 amide bonds. The molecule has 104 valence electrons. The van der Waals surface area contributed by atoms with Gasteiger partial charge in [-0.1, -0.05) is 6.07 Å². The van der Waals surface area contributed by atoms with Crippen LogP contribution in [0.15, 0.2) is 36.5 Å². The van der Waals surface area contributed by atoms with Crippen LogP contribution in [0.5, 0.6) is 11.6 Å². The van der Waals surface area contributed by atoms with E-state index < -0.39 is 4.92 Å². The third-order valence-electron chi connectivity index (χ3n) is 2.88. The maximum atomic E-state index is 10.8. The van der Waals surface area contributed by atoms with Crippen LogP contribution in [-0.2, 0) is 0 Å². The van der Waals surface area contributed by atoms with Crippen molar-refractivity contribution in [1.82, 2.24) is 4.98 Å². The summed E-state index contributed by atoms with van der Waals surface area (Å²) < 4.78 is 5.58. The Kier molecular flexibility index (Phi) is 3.95. The average Bonchev–Trinajstić information content (AvgIpc) is 2.41. The molecule has 0 radical (unpaired) electrons. The van der Waals surface area contributed by atoms with Crippen molar-refractivity contribution in [3.8, 4) is 11.6 Å². The highest BCUT2D eigenvalue weighted by Crippen LogP contribution is 2.28. The number of rotatable bonds is 4. The van der Waals surface area contributed by atoms with Crippen LogP contribution in [0.4, 0.5) is 5.69 Å². The Labute approximate surface area is 116 Å². The van der Waals surface area contributed by atoms with Crippen LogP contribution in [-0.4, -0.2) is 9.91 Å². The van der Waals surface area contributed by atoms with Gasteiger partial charge < -0.3 is 10.5 Å². The number of nitrogens with two attached hydrogens (primary N) is 1. The second-order valence-electron chi connectivity index (χ2n) is 4.53. The summed E-state index contributed by atoms with van der Waals surface area (Å²) in [7, 11) is 0. The van der Waals surface area contributed by atoms with E-state index in [2.05, 4.69) is 4.98 Å². The summed E-state index contributed by atoms with van der Waals surface area (Å²) in [6.07, 6.45) is 1.63. The number of pyridine rings is 1. The van der Waals surface area contributed by atoms with Crippen LogP contribution in [0.1, 0.15) is 24.1 Å². The van der Waals surface area contributed by atoms with E-state index in [1.807, 2.05) is 19.9 Å². The molecule has 0 saturated carbocycles. The third-order valence-corrected chi connectivity index (χ3v) is 2.88. The number of hydrogen-bond donors (Lipinski definition) is 1. The number of nitro benzene ring substituents is 1. The van der Waals surface area contributed by atoms with Crippen molar-refractivity contribution in [2.24, 2.45) is 5.73 Å². The third kappa shape index (κ3) is 3.10. The fourth-order valence-corrected chi connectivity index (χ4v) is 1.65. The van der Waals surface area contributed by atoms with Gasteiger partial charge in [-0.05, 0) is 31.0 Å². The summed E-state index contributed by atoms with van der Waals surface area (Å²) in [5, 5.41) is 10.8. The smallest absolute Gasteiger partial charge is 0.273 e. The monoisotopic (exact) mass is 273 g/mol. The zero-order valence-electron chi connectivity index (χ0n) is 11.2. The highest BCUT2D eigenvalue weighted by atomic mass is 16.6. The van der Waals surface area contributed by atoms with Gasteiger partial charge in [-0.15, -0.1) is 0 Å². The molecule has 0 aliphatic carbocycles. The highest BCUT2D eigenvalue weighted by molar-refractivity contribution is 5.45. The number of nitro groups is 1. The molecular weight excluding hydrogens is 258 g/mol. The van der Waals surface area contributed by atoms with Gasteiger partial charge in [0.2, 0.25) is 5.88 Å². The summed E-state index contributed by atoms with van der Waals surface area (Å²) in [6.45, 7) is 3.68. The van der Waals surface area contributed by atoms with Gasteiger partial charge in [0.1, 0.15) is 5.75 Å². The fraction of sp³-hybridized carbons (Fsp3) is 0.214. The van der Waals surface area contributed by atoms with Crippen molar-refractivity contribution >= 4 is 5.69 Å². The van der Waals surface area contributed by atoms with Crippen molar-refractivity contribution in [2.75, 3.05) is 0 Å². The Balaban J connectivity index is 2.25. The van der Waals surface area contributed by atoms with Crippen LogP contribution in [0.3, 0.4) is 0 Å². The predicted molar refractivity (Wildman–Crippen MR) is 74.7 cm³/mol. The summed E-state index contributed by atoms with van der Waals surface area (Å²) in [4.78, 5) is 14.4. The highest BCUT2D eigenvalue weighted by Gasteiger charge is 2.11. The number of aromatic nitrogens is 1. The van der Waals surface area contributed by atoms with E-state index in [9.17, 15) is 10.1 Å². The fourth-order valence-electron chi connectivity index (χ4n) is 1.65. The van der Waals surface area contributed by atoms with Crippen molar-refractivity contribution < 1.29 is 9.66 Å². The summed E-state index contributed by atoms with van der Waals surface area (Å²) >= 11 is 0. The van der Waals surface area contributed by atoms with Crippen LogP contribution < -0.4 is 10.5 Å². The minimum absolute atomic E-state index is 0.0159. The van der Waals surface area contributed by atoms with Gasteiger partial charge in [-0.3, -0.25) is 10.1 Å². The van der Waals surface area contributed by atoms with E-state index in [-0.39, 0.29) is 11.7 Å². The van der Waals surface area contributed by atoms with Crippen LogP contribution in [0, 0.1) is 17.0 Å². The Bertz CT molecular complexity index is 624. The zero-order chi connectivity index (χ0) is 14.7. The normalized spacial score (nSPS) is 11.9. The van der Waals surface area contributed by atoms with Gasteiger partial charge in [0.25, 0.3) is 5.69 Å². The van der Waals surface area contributed by atoms with Gasteiger partial charge in [0.15, 0.2) is 0 Å². The van der Waals surface area contributed by atoms with Gasteiger partial charge in [-0.25, -0.2) is 4.98 Å². The molecule has 1 heterocycles. The molecule has 0 aliphatic rings. The quantitative estimate of drug-likeness (QED) is 0.682. The first kappa shape index (κ1) is 14.0. The van der Waals surface area contributed by atoms with Crippen LogP contribution in [0.25, 0.3) is 0 Å². The topological polar surface area (TPSA) is 91.3 Å². The first-order valence-electron chi connectivity index (χ1n) is 6.12. The summed E-state index contributed by atoms with van der Waals surface area (Å²) in [5.41, 5.74) is 7.42. The molecule has 1 aromatic carbocycles. The molecule has 0 unspecified atom stereocenters. The second kappa shape index (κ2) is 5.66. The standard InChI is InChI=1S/C14H15N3O3/c1-9-3-5-12(17(18)19)7-13(9)20-14-6-4-11(8-16-14)10(2)15/h3-8,10H,15H2,1-2H3/t10-/m0/s1. The molecule has 1 atom stereocenters. The number of ether oxygens (including phenoxy) is 1. The molecule has 0 aliphatic heterocycles. The van der Waals surface area contributed by atoms with Crippen molar-refractivity contribution in [3.63, 3.8) is 0 Å². The Morgan fingerprint density at radius 3 is 2.65 bits per heavy atom. The molecule has 0 saturated heterocycles. The number of non-ortho nitro benzene ring substituents is 1. The van der Waals surface area contributed by atoms with Crippen LogP contribution >= 0.6 is 0 Å². The maximum absolute atomic E-state index is 10.8. The first-order valence-corrected chi connectivity index (χ1v) is 6.12. The Morgan fingerprint density at radius 1 is 1.35 bits per heavy atom. The lowest BCUT2D eigenvalue weighted by molar-refractivity contribution is -0.384. The Hall–Kier alpha value is -2.47. The minimum Gasteiger partial charge on any atom is -0.439 e. The average molecular weight is 273 g/mol. The molecule has 2 rings (SSSR count). The molecule has 6 nitrogen and oxygen atoms in total. The van der Waals surface area contributed by atoms with Gasteiger partial charge in [0, 0.05) is 24.4 Å². The van der Waals surface area contributed by atoms with E-state index in [1.165, 1.54) is 12.1 Å². The molecule has 20 heavy (non-hydrogen) atoms. The number of aryl methyl sites for hydroxylation is 1. The van der Waals surface area contributed by atoms with Gasteiger partial charge in [0.05, 0.1) is 11.0 Å². The second-order valence-corrected chi connectivity index (χ2v) is 4.53. The number of benzene rings is 1. The lowest BCUT2D eigenvalue weighted by Crippen LogP contribution is -2.05. The maximum Gasteiger partial charge on any atom is 0.273 e. The van der Waals surface area contributed by atoms with E-state index in [0.717, 1.165) is 11.1 Å². The predicted octanol–water partition coefficient (Wildman–Crippen LogP) is 3.11. The van der Waals surface area contributed by atoms with E-state index in [0.29, 0.717) is 11.6 Å². The van der Waals surface area contributed by atoms with Crippen LogP contribution in [0.2, 0.25) is 0 Å². The molecule has 6 heteroatoms. The van der Waals surface area contributed by atoms with Crippen molar-refractivity contribution in [2.45, 2.75) is 19.9 Å². The minimum atomic E-state index is -0.459. The molecule has 2 aromatic rings. The van der Waals surface area contributed by atoms with Crippen molar-refractivity contribution in [3.05, 3.63) is 57.8 Å². The van der Waals surface area contributed by atoms with E-state index in [1.54, 1.807) is 18.3 Å². The molecule has 0 spiro atoms. The van der Waals surface area contributed by atoms with Gasteiger partial charge >= 0.3 is 0 Å². The van der Waals surface area contributed by atoms with Gasteiger partial charge in [-0.2, -0.15) is 0 Å². The lowest BCUT2D eigenvalue weighted by atomic mass is 10.2. The molecule has 2 N–H and O–H groups in total.